The highest BCUT2D eigenvalue weighted by Crippen LogP contribution is 2.50. The second kappa shape index (κ2) is 25.1. The van der Waals surface area contributed by atoms with Crippen LogP contribution in [0.5, 0.6) is 0 Å². The van der Waals surface area contributed by atoms with Crippen molar-refractivity contribution >= 4 is 163 Å². The first-order chi connectivity index (χ1) is 44.3. The number of thiophene rings is 4. The van der Waals surface area contributed by atoms with Crippen LogP contribution in [0.1, 0.15) is 147 Å². The van der Waals surface area contributed by atoms with E-state index < -0.39 is 0 Å². The highest BCUT2D eigenvalue weighted by atomic mass is 32.1. The molecule has 0 radical (unpaired) electrons. The van der Waals surface area contributed by atoms with Crippen molar-refractivity contribution in [3.63, 3.8) is 0 Å². The Morgan fingerprint density at radius 2 is 0.833 bits per heavy atom. The van der Waals surface area contributed by atoms with Crippen molar-refractivity contribution in [2.24, 2.45) is 0 Å². The van der Waals surface area contributed by atoms with Crippen molar-refractivity contribution in [2.75, 3.05) is 6.54 Å². The molecule has 1 aliphatic rings. The lowest BCUT2D eigenvalue weighted by Gasteiger charge is -2.14. The molecule has 0 unspecified atom stereocenters. The third-order valence-corrected chi connectivity index (χ3v) is 23.7. The molecule has 2 amide bonds. The van der Waals surface area contributed by atoms with Gasteiger partial charge in [-0.3, -0.25) is 14.5 Å². The molecule has 0 saturated heterocycles. The minimum Gasteiger partial charge on any atom is -0.340 e. The number of aryl methyl sites for hydroxylation is 3. The minimum atomic E-state index is -0.102. The van der Waals surface area contributed by atoms with Gasteiger partial charge in [0.2, 0.25) is 0 Å². The molecule has 7 aromatic heterocycles. The normalized spacial score (nSPS) is 12.8. The summed E-state index contributed by atoms with van der Waals surface area (Å²) in [6, 6.07) is 62.6. The summed E-state index contributed by atoms with van der Waals surface area (Å²) < 4.78 is 12.7. The van der Waals surface area contributed by atoms with Crippen LogP contribution in [-0.2, 0) is 6.54 Å². The average molecular weight is 1250 g/mol. The van der Waals surface area contributed by atoms with Gasteiger partial charge in [-0.15, -0.1) is 45.3 Å². The number of carbonyl (C=O) groups is 2. The van der Waals surface area contributed by atoms with E-state index in [-0.39, 0.29) is 11.8 Å². The van der Waals surface area contributed by atoms with Gasteiger partial charge < -0.3 is 13.7 Å². The van der Waals surface area contributed by atoms with E-state index in [4.69, 9.17) is 0 Å². The predicted molar refractivity (Wildman–Crippen MR) is 392 cm³/mol. The van der Waals surface area contributed by atoms with Crippen LogP contribution in [-0.4, -0.2) is 37.0 Å². The summed E-state index contributed by atoms with van der Waals surface area (Å²) in [6.45, 7) is 10.3. The number of rotatable bonds is 21. The summed E-state index contributed by atoms with van der Waals surface area (Å²) in [4.78, 5) is 33.2. The van der Waals surface area contributed by atoms with Crippen molar-refractivity contribution in [2.45, 2.75) is 137 Å². The maximum Gasteiger partial charge on any atom is 0.263 e. The van der Waals surface area contributed by atoms with Gasteiger partial charge >= 0.3 is 0 Å². The number of hydrogen-bond donors (Lipinski definition) is 0. The van der Waals surface area contributed by atoms with Crippen molar-refractivity contribution in [1.82, 2.24) is 18.6 Å². The largest absolute Gasteiger partial charge is 0.340 e. The third-order valence-electron chi connectivity index (χ3n) is 19.1. The number of nitrogens with zero attached hydrogens (tertiary/aromatic N) is 4. The maximum absolute atomic E-state index is 13.8. The second-order valence-corrected chi connectivity index (χ2v) is 29.7. The number of imide groups is 1. The molecule has 6 nitrogen and oxygen atoms in total. The molecule has 90 heavy (non-hydrogen) atoms. The monoisotopic (exact) mass is 1250 g/mol. The molecule has 10 heteroatoms. The van der Waals surface area contributed by atoms with Gasteiger partial charge in [0.15, 0.2) is 0 Å². The number of unbranched alkanes of at least 4 members (excludes halogenated alkanes) is 14. The van der Waals surface area contributed by atoms with Gasteiger partial charge in [-0.25, -0.2) is 0 Å². The van der Waals surface area contributed by atoms with Crippen LogP contribution in [0.3, 0.4) is 0 Å². The predicted octanol–water partition coefficient (Wildman–Crippen LogP) is 24.7. The molecule has 16 rings (SSSR count). The highest BCUT2D eigenvalue weighted by molar-refractivity contribution is 7.28. The van der Waals surface area contributed by atoms with Crippen molar-refractivity contribution in [1.29, 1.82) is 0 Å². The van der Waals surface area contributed by atoms with Crippen molar-refractivity contribution in [3.8, 4) is 21.1 Å². The molecule has 0 saturated carbocycles. The van der Waals surface area contributed by atoms with Crippen LogP contribution in [0.25, 0.3) is 127 Å². The first-order valence-electron chi connectivity index (χ1n) is 33.1. The van der Waals surface area contributed by atoms with Crippen LogP contribution in [0, 0.1) is 13.8 Å². The molecular formula is C80H76N4O2S4. The first kappa shape index (κ1) is 58.5. The zero-order valence-corrected chi connectivity index (χ0v) is 55.4. The lowest BCUT2D eigenvalue weighted by molar-refractivity contribution is 0.0651. The van der Waals surface area contributed by atoms with E-state index in [1.807, 2.05) is 29.6 Å². The standard InChI is InChI=1S/C44H54N2O2S3.C36H22N2S/c1-5-7-9-11-13-14-15-16-18-19-21-45-35-24-31-23-29(3)49-37(31)27-33(35)34-28-38-32(25-36(34)45)26-39(51-38)42-41-40(30(4)50-42)43(47)46(44(41)48)22-20-17-12-10-8-6-2;1-3-11-23(12-4-1)37-29-17-9-7-15-27(29)33-31(37)21-19-25-26-20-22-32-34(36(26)39-35(25)33)28-16-8-10-18-30(28)38(32)24-13-5-2-6-14-24/h23-28H,5-22H2,1-4H3;1-22H. The van der Waals surface area contributed by atoms with E-state index in [2.05, 4.69) is 204 Å². The molecule has 0 spiro atoms. The number of hydrogen-bond acceptors (Lipinski definition) is 6. The lowest BCUT2D eigenvalue weighted by atomic mass is 10.1. The summed E-state index contributed by atoms with van der Waals surface area (Å²) in [6.07, 6.45) is 20.2. The SMILES string of the molecule is CCCCCCCCCCCCn1c2cc3cc(C)sc3cc2c2cc3sc(-c4sc(C)c5c4C(=O)N(CCCCCCCC)C5=O)cc3cc21.c1ccc(-n2c3ccccc3c3c4sc5c(ccc6c5c5ccccc5n6-c5ccccc5)c4ccc32)cc1. The molecule has 0 N–H and O–H groups in total. The van der Waals surface area contributed by atoms with Crippen molar-refractivity contribution in [3.05, 3.63) is 191 Å². The Labute approximate surface area is 542 Å². The van der Waals surface area contributed by atoms with E-state index in [0.29, 0.717) is 17.7 Å². The van der Waals surface area contributed by atoms with Crippen LogP contribution in [0.4, 0.5) is 0 Å². The Kier molecular flexibility index (Phi) is 16.3. The number of aromatic nitrogens is 3. The fraction of sp³-hybridized carbons (Fsp3) is 0.275. The van der Waals surface area contributed by atoms with E-state index in [1.165, 1.54) is 217 Å². The molecule has 0 aliphatic carbocycles. The maximum atomic E-state index is 13.8. The molecule has 0 fully saturated rings. The topological polar surface area (TPSA) is 52.2 Å². The van der Waals surface area contributed by atoms with Gasteiger partial charge in [-0.2, -0.15) is 0 Å². The van der Waals surface area contributed by atoms with E-state index in [1.54, 1.807) is 22.7 Å². The number of carbonyl (C=O) groups excluding carboxylic acids is 2. The molecule has 15 aromatic rings. The Morgan fingerprint density at radius 1 is 0.367 bits per heavy atom. The fourth-order valence-corrected chi connectivity index (χ4v) is 19.4. The Morgan fingerprint density at radius 3 is 1.38 bits per heavy atom. The molecule has 1 aliphatic heterocycles. The van der Waals surface area contributed by atoms with Gasteiger partial charge in [-0.05, 0) is 122 Å². The Bertz CT molecular complexity index is 5030. The summed E-state index contributed by atoms with van der Waals surface area (Å²) in [7, 11) is 0. The van der Waals surface area contributed by atoms with Gasteiger partial charge in [0.1, 0.15) is 0 Å². The second-order valence-electron chi connectivity index (χ2n) is 25.0. The summed E-state index contributed by atoms with van der Waals surface area (Å²) in [5.74, 6) is -0.201. The number of para-hydroxylation sites is 4. The molecule has 0 bridgehead atoms. The zero-order valence-electron chi connectivity index (χ0n) is 52.1. The minimum absolute atomic E-state index is 0.0991. The van der Waals surface area contributed by atoms with E-state index >= 15 is 0 Å². The summed E-state index contributed by atoms with van der Waals surface area (Å²) in [5, 5.41) is 13.2. The van der Waals surface area contributed by atoms with Crippen LogP contribution < -0.4 is 0 Å². The molecule has 452 valence electrons. The number of amides is 2. The van der Waals surface area contributed by atoms with Crippen LogP contribution >= 0.6 is 45.3 Å². The van der Waals surface area contributed by atoms with E-state index in [9.17, 15) is 9.59 Å². The summed E-state index contributed by atoms with van der Waals surface area (Å²) in [5.41, 5.74) is 11.3. The van der Waals surface area contributed by atoms with Crippen LogP contribution in [0.15, 0.2) is 170 Å². The first-order valence-corrected chi connectivity index (χ1v) is 36.4. The zero-order chi connectivity index (χ0) is 61.0. The molecule has 8 heterocycles. The summed E-state index contributed by atoms with van der Waals surface area (Å²) >= 11 is 7.19. The molecule has 0 atom stereocenters. The fourth-order valence-electron chi connectivity index (χ4n) is 14.7. The Hall–Kier alpha value is -7.86. The number of fused-ring (bicyclic) bond motifs is 17. The quantitative estimate of drug-likeness (QED) is 0.0532. The average Bonchev–Trinajstić information content (AvgIpc) is 1.57. The van der Waals surface area contributed by atoms with Crippen LogP contribution in [0.2, 0.25) is 0 Å². The molecular weight excluding hydrogens is 1180 g/mol. The van der Waals surface area contributed by atoms with Gasteiger partial charge in [0.25, 0.3) is 11.8 Å². The smallest absolute Gasteiger partial charge is 0.263 e. The van der Waals surface area contributed by atoms with Crippen molar-refractivity contribution < 1.29 is 9.59 Å². The Balaban J connectivity index is 0.000000155. The van der Waals surface area contributed by atoms with Gasteiger partial charge in [-0.1, -0.05) is 189 Å². The highest BCUT2D eigenvalue weighted by Gasteiger charge is 2.41. The number of benzene rings is 8. The third kappa shape index (κ3) is 10.4. The lowest BCUT2D eigenvalue weighted by Crippen LogP contribution is -2.31. The van der Waals surface area contributed by atoms with Gasteiger partial charge in [0.05, 0.1) is 38.1 Å². The van der Waals surface area contributed by atoms with Gasteiger partial charge in [0, 0.05) is 112 Å². The molecule has 8 aromatic carbocycles. The van der Waals surface area contributed by atoms with E-state index in [0.717, 1.165) is 34.0 Å².